The van der Waals surface area contributed by atoms with Gasteiger partial charge in [0, 0.05) is 57.0 Å². The van der Waals surface area contributed by atoms with Gasteiger partial charge in [0.25, 0.3) is 0 Å². The summed E-state index contributed by atoms with van der Waals surface area (Å²) in [6, 6.07) is 0. The number of halogens is 3. The molecule has 0 radical (unpaired) electrons. The van der Waals surface area contributed by atoms with E-state index in [1.54, 1.807) is 11.3 Å². The fraction of sp³-hybridized carbons (Fsp3) is 0.800. The maximum atomic E-state index is 10.6. The number of hydrogen-bond donors (Lipinski definition) is 1. The summed E-state index contributed by atoms with van der Waals surface area (Å²) >= 11 is 1.76. The molecule has 3 aliphatic heterocycles. The zero-order valence-corrected chi connectivity index (χ0v) is 18.3. The van der Waals surface area contributed by atoms with Crippen molar-refractivity contribution in [1.29, 1.82) is 0 Å². The van der Waals surface area contributed by atoms with Gasteiger partial charge in [0.2, 0.25) is 0 Å². The maximum Gasteiger partial charge on any atom is 0.490 e. The number of aryl methyl sites for hydroxylation is 1. The quantitative estimate of drug-likeness (QED) is 0.713. The number of carbonyl (C=O) groups is 1. The molecule has 0 amide bonds. The van der Waals surface area contributed by atoms with Gasteiger partial charge >= 0.3 is 12.1 Å². The number of thiazole rings is 1. The lowest BCUT2D eigenvalue weighted by Gasteiger charge is -2.53. The second-order valence-corrected chi connectivity index (χ2v) is 9.31. The summed E-state index contributed by atoms with van der Waals surface area (Å²) in [6.07, 6.45) is -0.337. The Morgan fingerprint density at radius 2 is 2.00 bits per heavy atom. The van der Waals surface area contributed by atoms with Crippen molar-refractivity contribution < 1.29 is 37.3 Å². The van der Waals surface area contributed by atoms with Crippen LogP contribution in [0.25, 0.3) is 0 Å². The molecular formula is C20H29F3N2O5S. The van der Waals surface area contributed by atoms with E-state index < -0.39 is 12.1 Å². The molecule has 7 nitrogen and oxygen atoms in total. The van der Waals surface area contributed by atoms with E-state index in [4.69, 9.17) is 24.1 Å². The Balaban J connectivity index is 0.000000339. The predicted octanol–water partition coefficient (Wildman–Crippen LogP) is 3.26. The highest BCUT2D eigenvalue weighted by molar-refractivity contribution is 7.09. The van der Waals surface area contributed by atoms with Crippen molar-refractivity contribution in [2.24, 2.45) is 5.92 Å². The molecule has 0 aliphatic carbocycles. The Kier molecular flexibility index (Phi) is 8.31. The Morgan fingerprint density at radius 1 is 1.32 bits per heavy atom. The fourth-order valence-electron chi connectivity index (χ4n) is 4.08. The van der Waals surface area contributed by atoms with E-state index in [2.05, 4.69) is 22.2 Å². The summed E-state index contributed by atoms with van der Waals surface area (Å²) in [5.74, 6) is -2.07. The van der Waals surface area contributed by atoms with Crippen molar-refractivity contribution in [1.82, 2.24) is 9.88 Å². The summed E-state index contributed by atoms with van der Waals surface area (Å²) < 4.78 is 49.5. The lowest BCUT2D eigenvalue weighted by atomic mass is 9.84. The highest BCUT2D eigenvalue weighted by Crippen LogP contribution is 2.36. The normalized spacial score (nSPS) is 24.3. The Morgan fingerprint density at radius 3 is 2.58 bits per heavy atom. The van der Waals surface area contributed by atoms with E-state index >= 15 is 0 Å². The van der Waals surface area contributed by atoms with Crippen LogP contribution in [0.4, 0.5) is 13.2 Å². The largest absolute Gasteiger partial charge is 0.490 e. The molecule has 1 aromatic heterocycles. The van der Waals surface area contributed by atoms with Gasteiger partial charge in [-0.2, -0.15) is 13.2 Å². The molecule has 1 aromatic rings. The van der Waals surface area contributed by atoms with Crippen LogP contribution in [0.3, 0.4) is 0 Å². The van der Waals surface area contributed by atoms with E-state index in [-0.39, 0.29) is 5.60 Å². The van der Waals surface area contributed by atoms with Crippen molar-refractivity contribution in [3.63, 3.8) is 0 Å². The highest BCUT2D eigenvalue weighted by atomic mass is 32.1. The number of nitrogens with zero attached hydrogens (tertiary/aromatic N) is 2. The molecule has 11 heteroatoms. The molecule has 3 saturated heterocycles. The van der Waals surface area contributed by atoms with Crippen molar-refractivity contribution in [3.8, 4) is 0 Å². The van der Waals surface area contributed by atoms with Gasteiger partial charge in [0.05, 0.1) is 18.2 Å². The van der Waals surface area contributed by atoms with Gasteiger partial charge in [0.15, 0.2) is 0 Å². The first kappa shape index (κ1) is 24.4. The lowest BCUT2D eigenvalue weighted by molar-refractivity contribution is -0.201. The molecule has 176 valence electrons. The average Bonchev–Trinajstić information content (AvgIpc) is 3.11. The van der Waals surface area contributed by atoms with Crippen molar-refractivity contribution in [2.75, 3.05) is 39.5 Å². The number of aliphatic carboxylic acids is 1. The van der Waals surface area contributed by atoms with Gasteiger partial charge < -0.3 is 19.3 Å². The number of likely N-dealkylation sites (tertiary alicyclic amines) is 1. The van der Waals surface area contributed by atoms with Crippen molar-refractivity contribution >= 4 is 17.3 Å². The van der Waals surface area contributed by atoms with E-state index in [1.165, 1.54) is 5.01 Å². The second kappa shape index (κ2) is 10.6. The van der Waals surface area contributed by atoms with Crippen LogP contribution < -0.4 is 0 Å². The smallest absolute Gasteiger partial charge is 0.475 e. The zero-order valence-electron chi connectivity index (χ0n) is 17.5. The zero-order chi connectivity index (χ0) is 22.5. The molecule has 1 spiro atoms. The van der Waals surface area contributed by atoms with Gasteiger partial charge in [-0.1, -0.05) is 0 Å². The lowest BCUT2D eigenvalue weighted by Crippen LogP contribution is -2.65. The van der Waals surface area contributed by atoms with E-state index in [9.17, 15) is 13.2 Å². The monoisotopic (exact) mass is 466 g/mol. The maximum absolute atomic E-state index is 10.6. The van der Waals surface area contributed by atoms with Gasteiger partial charge in [-0.15, -0.1) is 11.3 Å². The third kappa shape index (κ3) is 7.38. The molecule has 1 unspecified atom stereocenters. The van der Waals surface area contributed by atoms with Crippen LogP contribution in [0.2, 0.25) is 0 Å². The Hall–Kier alpha value is -1.27. The minimum absolute atomic E-state index is 0.0326. The molecule has 0 saturated carbocycles. The molecule has 1 N–H and O–H groups in total. The molecule has 3 aliphatic rings. The minimum Gasteiger partial charge on any atom is -0.475 e. The minimum atomic E-state index is -5.08. The molecule has 3 fully saturated rings. The molecule has 4 heterocycles. The predicted molar refractivity (Wildman–Crippen MR) is 107 cm³/mol. The third-order valence-corrected chi connectivity index (χ3v) is 6.60. The van der Waals surface area contributed by atoms with Crippen LogP contribution in [0.1, 0.15) is 36.4 Å². The number of carboxylic acids is 1. The molecular weight excluding hydrogens is 437 g/mol. The Bertz CT molecular complexity index is 718. The van der Waals surface area contributed by atoms with E-state index in [0.29, 0.717) is 12.0 Å². The number of alkyl halides is 3. The standard InChI is InChI=1S/C18H28N2O3S.C2HF3O2/c1-14-11-24-17(19-14)9-20-12-18(13-20)8-16(4-7-23-18)22-10-15-2-5-21-6-3-15;3-2(4,5)1(6)7/h11,15-16H,2-10,12-13H2,1H3;(H,6,7). The second-order valence-electron chi connectivity index (χ2n) is 8.37. The number of rotatable bonds is 5. The van der Waals surface area contributed by atoms with Gasteiger partial charge in [-0.3, -0.25) is 4.90 Å². The summed E-state index contributed by atoms with van der Waals surface area (Å²) in [6.45, 7) is 8.58. The number of aromatic nitrogens is 1. The summed E-state index contributed by atoms with van der Waals surface area (Å²) in [5.41, 5.74) is 1.16. The van der Waals surface area contributed by atoms with E-state index in [1.807, 2.05) is 0 Å². The highest BCUT2D eigenvalue weighted by Gasteiger charge is 2.47. The van der Waals surface area contributed by atoms with Crippen LogP contribution in [0.15, 0.2) is 5.38 Å². The molecule has 4 rings (SSSR count). The van der Waals surface area contributed by atoms with Gasteiger partial charge in [-0.05, 0) is 32.1 Å². The van der Waals surface area contributed by atoms with E-state index in [0.717, 1.165) is 77.4 Å². The van der Waals surface area contributed by atoms with Crippen LogP contribution in [-0.2, 0) is 25.5 Å². The Labute approximate surface area is 183 Å². The first-order valence-electron chi connectivity index (χ1n) is 10.4. The summed E-state index contributed by atoms with van der Waals surface area (Å²) in [7, 11) is 0. The van der Waals surface area contributed by atoms with Gasteiger partial charge in [-0.25, -0.2) is 9.78 Å². The van der Waals surface area contributed by atoms with Crippen LogP contribution in [-0.4, -0.2) is 78.4 Å². The molecule has 0 bridgehead atoms. The number of hydrogen-bond acceptors (Lipinski definition) is 7. The van der Waals surface area contributed by atoms with Crippen LogP contribution in [0, 0.1) is 12.8 Å². The molecule has 31 heavy (non-hydrogen) atoms. The van der Waals surface area contributed by atoms with Crippen LogP contribution in [0.5, 0.6) is 0 Å². The van der Waals surface area contributed by atoms with Crippen molar-refractivity contribution in [3.05, 3.63) is 16.1 Å². The third-order valence-electron chi connectivity index (χ3n) is 5.65. The van der Waals surface area contributed by atoms with Crippen molar-refractivity contribution in [2.45, 2.75) is 57.0 Å². The van der Waals surface area contributed by atoms with Gasteiger partial charge in [0.1, 0.15) is 5.01 Å². The average molecular weight is 467 g/mol. The van der Waals surface area contributed by atoms with Crippen LogP contribution >= 0.6 is 11.3 Å². The summed E-state index contributed by atoms with van der Waals surface area (Å²) in [4.78, 5) is 15.9. The molecule has 0 aromatic carbocycles. The first-order valence-corrected chi connectivity index (χ1v) is 11.3. The SMILES string of the molecule is Cc1csc(CN2CC3(CC(OCC4CCOCC4)CCO3)C2)n1.O=C(O)C(F)(F)F. The summed E-state index contributed by atoms with van der Waals surface area (Å²) in [5, 5.41) is 10.5. The number of carboxylic acid groups (broad SMARTS) is 1. The fourth-order valence-corrected chi connectivity index (χ4v) is 4.89. The first-order chi connectivity index (χ1) is 14.7. The number of ether oxygens (including phenoxy) is 3. The molecule has 1 atom stereocenters. The topological polar surface area (TPSA) is 81.1 Å².